The molecule has 1 aromatic carbocycles. The summed E-state index contributed by atoms with van der Waals surface area (Å²) in [5, 5.41) is 5.92. The van der Waals surface area contributed by atoms with Gasteiger partial charge in [0.1, 0.15) is 6.54 Å². The van der Waals surface area contributed by atoms with Crippen molar-refractivity contribution >= 4 is 38.7 Å². The van der Waals surface area contributed by atoms with Gasteiger partial charge in [0, 0.05) is 4.88 Å². The van der Waals surface area contributed by atoms with Gasteiger partial charge >= 0.3 is 0 Å². The van der Waals surface area contributed by atoms with E-state index < -0.39 is 15.9 Å². The second-order valence-electron chi connectivity index (χ2n) is 4.81. The highest BCUT2D eigenvalue weighted by Gasteiger charge is 2.20. The largest absolute Gasteiger partial charge is 0.271 e. The number of hydrogen-bond acceptors (Lipinski definition) is 5. The zero-order valence-electron chi connectivity index (χ0n) is 12.8. The SMILES string of the molecule is C/C(=N/NC(=O)CN(c1ccccc1)S(C)(=O)=O)c1cccs1. The van der Waals surface area contributed by atoms with Gasteiger partial charge in [-0.2, -0.15) is 5.10 Å². The van der Waals surface area contributed by atoms with Crippen LogP contribution in [0.25, 0.3) is 0 Å². The summed E-state index contributed by atoms with van der Waals surface area (Å²) in [6, 6.07) is 12.3. The Hall–Kier alpha value is -2.19. The highest BCUT2D eigenvalue weighted by molar-refractivity contribution is 7.92. The standard InChI is InChI=1S/C15H17N3O3S2/c1-12(14-9-6-10-22-14)16-17-15(19)11-18(23(2,20)21)13-7-4-3-5-8-13/h3-10H,11H2,1-2H3,(H,17,19)/b16-12-. The number of thiophene rings is 1. The Morgan fingerprint density at radius 2 is 1.91 bits per heavy atom. The number of rotatable bonds is 6. The van der Waals surface area contributed by atoms with Crippen LogP contribution < -0.4 is 9.73 Å². The summed E-state index contributed by atoms with van der Waals surface area (Å²) in [5.74, 6) is -0.504. The minimum Gasteiger partial charge on any atom is -0.271 e. The van der Waals surface area contributed by atoms with Gasteiger partial charge in [-0.15, -0.1) is 11.3 Å². The third-order valence-electron chi connectivity index (χ3n) is 2.96. The van der Waals surface area contributed by atoms with E-state index in [0.29, 0.717) is 11.4 Å². The Morgan fingerprint density at radius 1 is 1.22 bits per heavy atom. The molecule has 122 valence electrons. The van der Waals surface area contributed by atoms with Crippen LogP contribution in [0.4, 0.5) is 5.69 Å². The molecule has 0 saturated heterocycles. The van der Waals surface area contributed by atoms with E-state index in [1.54, 1.807) is 37.3 Å². The smallest absolute Gasteiger partial charge is 0.260 e. The van der Waals surface area contributed by atoms with Crippen LogP contribution >= 0.6 is 11.3 Å². The zero-order chi connectivity index (χ0) is 16.9. The molecule has 23 heavy (non-hydrogen) atoms. The molecule has 2 aromatic rings. The minimum atomic E-state index is -3.57. The molecule has 0 saturated carbocycles. The van der Waals surface area contributed by atoms with E-state index in [1.165, 1.54) is 11.3 Å². The van der Waals surface area contributed by atoms with Crippen LogP contribution in [-0.2, 0) is 14.8 Å². The summed E-state index contributed by atoms with van der Waals surface area (Å²) in [4.78, 5) is 13.0. The van der Waals surface area contributed by atoms with Gasteiger partial charge < -0.3 is 0 Å². The van der Waals surface area contributed by atoms with Crippen LogP contribution in [0.15, 0.2) is 52.9 Å². The molecule has 1 amide bonds. The Morgan fingerprint density at radius 3 is 2.48 bits per heavy atom. The lowest BCUT2D eigenvalue weighted by Crippen LogP contribution is -2.39. The van der Waals surface area contributed by atoms with E-state index in [0.717, 1.165) is 15.4 Å². The van der Waals surface area contributed by atoms with E-state index in [-0.39, 0.29) is 6.54 Å². The maximum Gasteiger partial charge on any atom is 0.260 e. The third-order valence-corrected chi connectivity index (χ3v) is 5.08. The van der Waals surface area contributed by atoms with Crippen molar-refractivity contribution < 1.29 is 13.2 Å². The van der Waals surface area contributed by atoms with Crippen LogP contribution in [-0.4, -0.2) is 32.8 Å². The lowest BCUT2D eigenvalue weighted by molar-refractivity contribution is -0.119. The number of anilines is 1. The lowest BCUT2D eigenvalue weighted by Gasteiger charge is -2.21. The molecule has 0 spiro atoms. The lowest BCUT2D eigenvalue weighted by atomic mass is 10.3. The Bertz CT molecular complexity index is 785. The third kappa shape index (κ3) is 4.90. The molecule has 1 heterocycles. The van der Waals surface area contributed by atoms with E-state index in [9.17, 15) is 13.2 Å². The molecule has 0 aliphatic rings. The van der Waals surface area contributed by atoms with Gasteiger partial charge in [0.2, 0.25) is 10.0 Å². The number of sulfonamides is 1. The summed E-state index contributed by atoms with van der Waals surface area (Å²) in [6.45, 7) is 1.45. The highest BCUT2D eigenvalue weighted by atomic mass is 32.2. The number of benzene rings is 1. The fraction of sp³-hybridized carbons (Fsp3) is 0.200. The molecular formula is C15H17N3O3S2. The van der Waals surface area contributed by atoms with Crippen molar-refractivity contribution in [3.05, 3.63) is 52.7 Å². The second-order valence-corrected chi connectivity index (χ2v) is 7.67. The predicted octanol–water partition coefficient (Wildman–Crippen LogP) is 2.05. The van der Waals surface area contributed by atoms with Crippen LogP contribution in [0, 0.1) is 0 Å². The monoisotopic (exact) mass is 351 g/mol. The first-order chi connectivity index (χ1) is 10.9. The molecule has 0 radical (unpaired) electrons. The maximum absolute atomic E-state index is 12.0. The molecule has 2 rings (SSSR count). The molecule has 1 N–H and O–H groups in total. The van der Waals surface area contributed by atoms with Crippen LogP contribution in [0.2, 0.25) is 0 Å². The summed E-state index contributed by atoms with van der Waals surface area (Å²) in [5.41, 5.74) is 3.49. The van der Waals surface area contributed by atoms with E-state index in [4.69, 9.17) is 0 Å². The van der Waals surface area contributed by atoms with Crippen LogP contribution in [0.5, 0.6) is 0 Å². The first kappa shape index (κ1) is 17.2. The number of nitrogens with zero attached hydrogens (tertiary/aromatic N) is 2. The van der Waals surface area contributed by atoms with Crippen molar-refractivity contribution in [2.24, 2.45) is 5.10 Å². The Labute approximate surface area is 139 Å². The van der Waals surface area contributed by atoms with Gasteiger partial charge in [-0.1, -0.05) is 24.3 Å². The second kappa shape index (κ2) is 7.38. The fourth-order valence-electron chi connectivity index (χ4n) is 1.85. The van der Waals surface area contributed by atoms with E-state index >= 15 is 0 Å². The number of hydrazone groups is 1. The van der Waals surface area contributed by atoms with Crippen molar-refractivity contribution in [1.29, 1.82) is 0 Å². The van der Waals surface area contributed by atoms with Crippen molar-refractivity contribution in [1.82, 2.24) is 5.43 Å². The van der Waals surface area contributed by atoms with Gasteiger partial charge in [0.25, 0.3) is 5.91 Å². The Kier molecular flexibility index (Phi) is 5.51. The molecule has 0 bridgehead atoms. The Balaban J connectivity index is 2.09. The van der Waals surface area contributed by atoms with Gasteiger partial charge in [-0.3, -0.25) is 9.10 Å². The highest BCUT2D eigenvalue weighted by Crippen LogP contribution is 2.16. The number of carbonyl (C=O) groups excluding carboxylic acids is 1. The average molecular weight is 351 g/mol. The predicted molar refractivity (Wildman–Crippen MR) is 93.3 cm³/mol. The first-order valence-electron chi connectivity index (χ1n) is 6.77. The molecule has 8 heteroatoms. The molecule has 0 atom stereocenters. The van der Waals surface area contributed by atoms with Gasteiger partial charge in [-0.05, 0) is 30.5 Å². The van der Waals surface area contributed by atoms with E-state index in [2.05, 4.69) is 10.5 Å². The maximum atomic E-state index is 12.0. The van der Waals surface area contributed by atoms with Crippen molar-refractivity contribution in [3.8, 4) is 0 Å². The topological polar surface area (TPSA) is 78.8 Å². The molecule has 0 fully saturated rings. The number of nitrogens with one attached hydrogen (secondary N) is 1. The normalized spacial score (nSPS) is 12.0. The summed E-state index contributed by atoms with van der Waals surface area (Å²) >= 11 is 1.51. The van der Waals surface area contributed by atoms with Crippen molar-refractivity contribution in [3.63, 3.8) is 0 Å². The summed E-state index contributed by atoms with van der Waals surface area (Å²) in [7, 11) is -3.57. The molecule has 0 aliphatic carbocycles. The van der Waals surface area contributed by atoms with E-state index in [1.807, 2.05) is 17.5 Å². The number of para-hydroxylation sites is 1. The summed E-state index contributed by atoms with van der Waals surface area (Å²) < 4.78 is 24.8. The van der Waals surface area contributed by atoms with Crippen LogP contribution in [0.3, 0.4) is 0 Å². The zero-order valence-corrected chi connectivity index (χ0v) is 14.4. The molecule has 6 nitrogen and oxygen atoms in total. The molecule has 0 aliphatic heterocycles. The molecule has 0 unspecified atom stereocenters. The quantitative estimate of drug-likeness (QED) is 0.639. The van der Waals surface area contributed by atoms with Crippen molar-refractivity contribution in [2.45, 2.75) is 6.92 Å². The number of carbonyl (C=O) groups is 1. The first-order valence-corrected chi connectivity index (χ1v) is 9.50. The molecular weight excluding hydrogens is 334 g/mol. The molecule has 1 aromatic heterocycles. The summed E-state index contributed by atoms with van der Waals surface area (Å²) in [6.07, 6.45) is 1.06. The van der Waals surface area contributed by atoms with Gasteiger partial charge in [0.15, 0.2) is 0 Å². The van der Waals surface area contributed by atoms with Crippen LogP contribution in [0.1, 0.15) is 11.8 Å². The van der Waals surface area contributed by atoms with Gasteiger partial charge in [0.05, 0.1) is 17.7 Å². The number of hydrogen-bond donors (Lipinski definition) is 1. The minimum absolute atomic E-state index is 0.329. The average Bonchev–Trinajstić information content (AvgIpc) is 3.04. The van der Waals surface area contributed by atoms with Gasteiger partial charge in [-0.25, -0.2) is 13.8 Å². The fourth-order valence-corrected chi connectivity index (χ4v) is 3.38. The van der Waals surface area contributed by atoms with Crippen molar-refractivity contribution in [2.75, 3.05) is 17.1 Å². The number of amides is 1.